The number of unbranched alkanes of at least 4 members (excludes halogenated alkanes) is 1. The van der Waals surface area contributed by atoms with Gasteiger partial charge in [-0.15, -0.1) is 0 Å². The van der Waals surface area contributed by atoms with Crippen LogP contribution in [0.4, 0.5) is 0 Å². The van der Waals surface area contributed by atoms with Crippen molar-refractivity contribution in [2.75, 3.05) is 20.3 Å². The molecular formula is C41H44N4O7. The van der Waals surface area contributed by atoms with Gasteiger partial charge in [0.05, 0.1) is 29.4 Å². The van der Waals surface area contributed by atoms with Gasteiger partial charge in [-0.3, -0.25) is 4.98 Å². The van der Waals surface area contributed by atoms with Crippen LogP contribution in [0.2, 0.25) is 0 Å². The topological polar surface area (TPSA) is 136 Å². The summed E-state index contributed by atoms with van der Waals surface area (Å²) in [7, 11) is 4.37. The number of carbonyl (C=O) groups is 2. The van der Waals surface area contributed by atoms with E-state index in [2.05, 4.69) is 63.9 Å². The summed E-state index contributed by atoms with van der Waals surface area (Å²) in [6.45, 7) is 1.08. The van der Waals surface area contributed by atoms with Crippen molar-refractivity contribution in [3.05, 3.63) is 84.3 Å². The first-order valence-electron chi connectivity index (χ1n) is 18.2. The monoisotopic (exact) mass is 704 g/mol. The summed E-state index contributed by atoms with van der Waals surface area (Å²) >= 11 is 0. The Morgan fingerprint density at radius 3 is 2.35 bits per heavy atom. The Hall–Kier alpha value is -5.00. The lowest BCUT2D eigenvalue weighted by Gasteiger charge is -2.61. The molecule has 3 saturated carbocycles. The largest absolute Gasteiger partial charge is 0.494 e. The van der Waals surface area contributed by atoms with E-state index in [4.69, 9.17) is 19.3 Å². The normalized spacial score (nSPS) is 23.7. The third-order valence-electron chi connectivity index (χ3n) is 11.7. The second-order valence-electron chi connectivity index (χ2n) is 14.9. The highest BCUT2D eigenvalue weighted by atomic mass is 16.5. The molecule has 0 aliphatic heterocycles. The molecule has 3 aliphatic rings. The summed E-state index contributed by atoms with van der Waals surface area (Å²) in [6, 6.07) is 17.9. The van der Waals surface area contributed by atoms with Gasteiger partial charge < -0.3 is 33.9 Å². The van der Waals surface area contributed by atoms with Crippen molar-refractivity contribution < 1.29 is 34.0 Å². The summed E-state index contributed by atoms with van der Waals surface area (Å²) < 4.78 is 20.3. The van der Waals surface area contributed by atoms with Crippen molar-refractivity contribution in [2.45, 2.75) is 75.7 Å². The second-order valence-corrected chi connectivity index (χ2v) is 14.9. The molecule has 3 fully saturated rings. The van der Waals surface area contributed by atoms with Crippen molar-refractivity contribution in [1.82, 2.24) is 19.4 Å². The highest BCUT2D eigenvalue weighted by Crippen LogP contribution is 2.58. The molecule has 11 heteroatoms. The third kappa shape index (κ3) is 6.59. The number of aromatic carboxylic acids is 2. The molecule has 3 heterocycles. The zero-order valence-electron chi connectivity index (χ0n) is 29.5. The smallest absolute Gasteiger partial charge is 0.336 e. The first kappa shape index (κ1) is 34.1. The number of carboxylic acid groups (broad SMARTS) is 2. The Bertz CT molecular complexity index is 2110. The van der Waals surface area contributed by atoms with Crippen LogP contribution < -0.4 is 9.47 Å². The first-order valence-corrected chi connectivity index (χ1v) is 18.2. The van der Waals surface area contributed by atoms with E-state index in [1.54, 1.807) is 0 Å². The highest BCUT2D eigenvalue weighted by Gasteiger charge is 2.55. The lowest BCUT2D eigenvalue weighted by molar-refractivity contribution is -0.154. The van der Waals surface area contributed by atoms with E-state index in [9.17, 15) is 14.7 Å². The van der Waals surface area contributed by atoms with Crippen molar-refractivity contribution in [2.24, 2.45) is 12.5 Å². The zero-order valence-corrected chi connectivity index (χ0v) is 29.5. The molecule has 2 aromatic carbocycles. The minimum absolute atomic E-state index is 0.201. The van der Waals surface area contributed by atoms with E-state index in [1.165, 1.54) is 47.5 Å². The molecule has 2 N–H and O–H groups in total. The van der Waals surface area contributed by atoms with Crippen LogP contribution in [0.3, 0.4) is 0 Å². The molecule has 0 atom stereocenters. The van der Waals surface area contributed by atoms with Gasteiger partial charge >= 0.3 is 11.9 Å². The second kappa shape index (κ2) is 13.9. The fraction of sp³-hybridized carbons (Fsp3) is 0.415. The fourth-order valence-corrected chi connectivity index (χ4v) is 8.50. The average molecular weight is 705 g/mol. The van der Waals surface area contributed by atoms with Crippen molar-refractivity contribution in [3.63, 3.8) is 0 Å². The number of aromatic nitrogens is 3. The Morgan fingerprint density at radius 2 is 1.60 bits per heavy atom. The van der Waals surface area contributed by atoms with Gasteiger partial charge in [0.2, 0.25) is 5.88 Å². The molecule has 270 valence electrons. The van der Waals surface area contributed by atoms with E-state index in [1.807, 2.05) is 24.7 Å². The number of carboxylic acids is 2. The molecule has 0 amide bonds. The van der Waals surface area contributed by atoms with Crippen LogP contribution >= 0.6 is 0 Å². The molecule has 1 spiro atoms. The van der Waals surface area contributed by atoms with Crippen LogP contribution in [0.25, 0.3) is 32.9 Å². The van der Waals surface area contributed by atoms with Crippen LogP contribution in [-0.4, -0.2) is 86.1 Å². The minimum Gasteiger partial charge on any atom is -0.494 e. The minimum atomic E-state index is -1.29. The van der Waals surface area contributed by atoms with E-state index < -0.39 is 11.9 Å². The van der Waals surface area contributed by atoms with Gasteiger partial charge in [-0.25, -0.2) is 14.6 Å². The fourth-order valence-electron chi connectivity index (χ4n) is 8.50. The third-order valence-corrected chi connectivity index (χ3v) is 11.7. The van der Waals surface area contributed by atoms with Crippen molar-refractivity contribution in [1.29, 1.82) is 0 Å². The van der Waals surface area contributed by atoms with E-state index in [0.29, 0.717) is 48.4 Å². The molecular weight excluding hydrogens is 660 g/mol. The molecule has 5 aromatic rings. The average Bonchev–Trinajstić information content (AvgIpc) is 3.38. The first-order chi connectivity index (χ1) is 25.2. The van der Waals surface area contributed by atoms with E-state index in [-0.39, 0.29) is 17.2 Å². The van der Waals surface area contributed by atoms with Gasteiger partial charge in [0.25, 0.3) is 0 Å². The molecule has 0 radical (unpaired) electrons. The Kier molecular flexibility index (Phi) is 9.09. The zero-order chi connectivity index (χ0) is 36.0. The molecule has 52 heavy (non-hydrogen) atoms. The van der Waals surface area contributed by atoms with Crippen LogP contribution in [0.15, 0.2) is 73.2 Å². The van der Waals surface area contributed by atoms with Crippen molar-refractivity contribution >= 4 is 33.7 Å². The summed E-state index contributed by atoms with van der Waals surface area (Å²) in [6.07, 6.45) is 14.6. The number of fused-ring (bicyclic) bond motifs is 3. The van der Waals surface area contributed by atoms with Crippen LogP contribution in [0.5, 0.6) is 11.6 Å². The number of ether oxygens (including phenoxy) is 3. The molecule has 0 bridgehead atoms. The molecule has 8 rings (SSSR count). The summed E-state index contributed by atoms with van der Waals surface area (Å²) in [5, 5.41) is 20.8. The maximum Gasteiger partial charge on any atom is 0.336 e. The summed E-state index contributed by atoms with van der Waals surface area (Å²) in [4.78, 5) is 34.1. The molecule has 3 aromatic heterocycles. The quantitative estimate of drug-likeness (QED) is 0.114. The SMILES string of the molecule is CN(C1CC(Oc2ccc(-c3ccc4c5cnccc5n(C)c4c3)cn2)C1)C1CC2(CC(OCCCCOc3ccc(C(=O)O)c(C(=O)O)c3)C2)C1. The van der Waals surface area contributed by atoms with Crippen LogP contribution in [-0.2, 0) is 11.8 Å². The van der Waals surface area contributed by atoms with Gasteiger partial charge in [0.1, 0.15) is 11.9 Å². The van der Waals surface area contributed by atoms with Crippen molar-refractivity contribution in [3.8, 4) is 22.8 Å². The number of aryl methyl sites for hydroxylation is 1. The van der Waals surface area contributed by atoms with E-state index >= 15 is 0 Å². The predicted molar refractivity (Wildman–Crippen MR) is 196 cm³/mol. The van der Waals surface area contributed by atoms with Crippen LogP contribution in [0.1, 0.15) is 72.1 Å². The van der Waals surface area contributed by atoms with Gasteiger partial charge in [-0.1, -0.05) is 12.1 Å². The number of rotatable bonds is 14. The van der Waals surface area contributed by atoms with Gasteiger partial charge in [0, 0.05) is 85.1 Å². The Balaban J connectivity index is 0.716. The lowest BCUT2D eigenvalue weighted by atomic mass is 9.52. The maximum absolute atomic E-state index is 11.4. The number of hydrogen-bond acceptors (Lipinski definition) is 8. The predicted octanol–water partition coefficient (Wildman–Crippen LogP) is 7.21. The summed E-state index contributed by atoms with van der Waals surface area (Å²) in [5.74, 6) is -1.53. The summed E-state index contributed by atoms with van der Waals surface area (Å²) in [5.41, 5.74) is 4.46. The van der Waals surface area contributed by atoms with Gasteiger partial charge in [-0.2, -0.15) is 0 Å². The van der Waals surface area contributed by atoms with Crippen LogP contribution in [0, 0.1) is 5.41 Å². The number of pyridine rings is 2. The number of hydrogen-bond donors (Lipinski definition) is 2. The standard InChI is InChI=1S/C41H44N4O7/c1-44(28-19-41(20-28)21-31(22-41)51-14-4-3-13-50-29-7-9-33(39(46)47)34(18-29)40(48)49)27-16-30(17-27)52-38-10-6-26(23-43-38)25-5-8-32-35-24-42-12-11-36(35)45(2)37(32)15-25/h5-12,15,18,23-24,27-28,30-31H,3-4,13-14,16-17,19-22H2,1-2H3,(H,46,47)(H,48,49). The van der Waals surface area contributed by atoms with E-state index in [0.717, 1.165) is 55.0 Å². The lowest BCUT2D eigenvalue weighted by Crippen LogP contribution is -2.61. The molecule has 0 unspecified atom stereocenters. The highest BCUT2D eigenvalue weighted by molar-refractivity contribution is 6.08. The van der Waals surface area contributed by atoms with Gasteiger partial charge in [0.15, 0.2) is 0 Å². The molecule has 0 saturated heterocycles. The number of benzene rings is 2. The Labute approximate surface area is 302 Å². The van der Waals surface area contributed by atoms with Gasteiger partial charge in [-0.05, 0) is 92.9 Å². The number of nitrogens with zero attached hydrogens (tertiary/aromatic N) is 4. The maximum atomic E-state index is 11.4. The molecule has 3 aliphatic carbocycles. The Morgan fingerprint density at radius 1 is 0.827 bits per heavy atom. The molecule has 11 nitrogen and oxygen atoms in total.